The molecule has 30 heavy (non-hydrogen) atoms. The number of hydrogen-bond donors (Lipinski definition) is 0. The molecule has 1 amide bonds. The van der Waals surface area contributed by atoms with E-state index in [0.29, 0.717) is 13.0 Å². The number of aryl methyl sites for hydroxylation is 2. The number of amides is 1. The first-order valence-corrected chi connectivity index (χ1v) is 10.9. The SMILES string of the molecule is COc1ccc(CN2CCN(C(=O)CCCCOc3cc(C)ccc3C)CC2)cc1. The van der Waals surface area contributed by atoms with Crippen LogP contribution in [-0.2, 0) is 11.3 Å². The highest BCUT2D eigenvalue weighted by molar-refractivity contribution is 5.76. The zero-order valence-corrected chi connectivity index (χ0v) is 18.5. The highest BCUT2D eigenvalue weighted by atomic mass is 16.5. The van der Waals surface area contributed by atoms with E-state index in [9.17, 15) is 4.79 Å². The molecule has 0 aliphatic carbocycles. The lowest BCUT2D eigenvalue weighted by Crippen LogP contribution is -2.48. The van der Waals surface area contributed by atoms with Crippen LogP contribution in [0.15, 0.2) is 42.5 Å². The van der Waals surface area contributed by atoms with Gasteiger partial charge in [0.1, 0.15) is 11.5 Å². The Labute approximate surface area is 180 Å². The summed E-state index contributed by atoms with van der Waals surface area (Å²) in [5, 5.41) is 0. The van der Waals surface area contributed by atoms with Crippen molar-refractivity contribution in [2.45, 2.75) is 39.7 Å². The number of rotatable bonds is 9. The standard InChI is InChI=1S/C25H34N2O3/c1-20-7-8-21(2)24(18-20)30-17-5-4-6-25(28)27-15-13-26(14-16-27)19-22-9-11-23(29-3)12-10-22/h7-12,18H,4-6,13-17,19H2,1-3H3. The van der Waals surface area contributed by atoms with Crippen molar-refractivity contribution in [3.63, 3.8) is 0 Å². The van der Waals surface area contributed by atoms with Gasteiger partial charge >= 0.3 is 0 Å². The maximum absolute atomic E-state index is 12.5. The predicted octanol–water partition coefficient (Wildman–Crippen LogP) is 4.21. The smallest absolute Gasteiger partial charge is 0.222 e. The minimum absolute atomic E-state index is 0.269. The molecule has 0 aromatic heterocycles. The molecule has 1 aliphatic heterocycles. The Hall–Kier alpha value is -2.53. The molecule has 0 radical (unpaired) electrons. The Morgan fingerprint density at radius 2 is 1.70 bits per heavy atom. The van der Waals surface area contributed by atoms with Crippen molar-refractivity contribution >= 4 is 5.91 Å². The summed E-state index contributed by atoms with van der Waals surface area (Å²) in [6.07, 6.45) is 2.38. The quantitative estimate of drug-likeness (QED) is 0.581. The van der Waals surface area contributed by atoms with E-state index in [4.69, 9.17) is 9.47 Å². The summed E-state index contributed by atoms with van der Waals surface area (Å²) in [5.41, 5.74) is 3.64. The second-order valence-electron chi connectivity index (χ2n) is 8.08. The molecule has 5 heteroatoms. The number of hydrogen-bond acceptors (Lipinski definition) is 4. The van der Waals surface area contributed by atoms with Crippen LogP contribution in [0.2, 0.25) is 0 Å². The zero-order chi connectivity index (χ0) is 21.3. The number of benzene rings is 2. The molecule has 162 valence electrons. The van der Waals surface area contributed by atoms with Crippen LogP contribution >= 0.6 is 0 Å². The Morgan fingerprint density at radius 3 is 2.40 bits per heavy atom. The van der Waals surface area contributed by atoms with Gasteiger partial charge in [-0.2, -0.15) is 0 Å². The number of nitrogens with zero attached hydrogens (tertiary/aromatic N) is 2. The Bertz CT molecular complexity index is 812. The minimum Gasteiger partial charge on any atom is -0.497 e. The van der Waals surface area contributed by atoms with Gasteiger partial charge in [-0.15, -0.1) is 0 Å². The summed E-state index contributed by atoms with van der Waals surface area (Å²) < 4.78 is 11.1. The Morgan fingerprint density at radius 1 is 0.967 bits per heavy atom. The lowest BCUT2D eigenvalue weighted by Gasteiger charge is -2.34. The van der Waals surface area contributed by atoms with E-state index in [-0.39, 0.29) is 5.91 Å². The molecule has 0 atom stereocenters. The van der Waals surface area contributed by atoms with Crippen LogP contribution in [0.4, 0.5) is 0 Å². The van der Waals surface area contributed by atoms with Crippen LogP contribution in [-0.4, -0.2) is 55.6 Å². The normalized spacial score (nSPS) is 14.6. The lowest BCUT2D eigenvalue weighted by molar-refractivity contribution is -0.133. The molecule has 2 aromatic carbocycles. The minimum atomic E-state index is 0.269. The third-order valence-electron chi connectivity index (χ3n) is 5.68. The van der Waals surface area contributed by atoms with Gasteiger partial charge in [-0.3, -0.25) is 9.69 Å². The van der Waals surface area contributed by atoms with E-state index >= 15 is 0 Å². The molecule has 0 unspecified atom stereocenters. The molecule has 1 fully saturated rings. The maximum atomic E-state index is 12.5. The monoisotopic (exact) mass is 410 g/mol. The molecule has 0 spiro atoms. The maximum Gasteiger partial charge on any atom is 0.222 e. The summed E-state index contributed by atoms with van der Waals surface area (Å²) in [6, 6.07) is 14.5. The average Bonchev–Trinajstić information content (AvgIpc) is 2.76. The Balaban J connectivity index is 1.31. The summed E-state index contributed by atoms with van der Waals surface area (Å²) in [4.78, 5) is 16.9. The summed E-state index contributed by atoms with van der Waals surface area (Å²) in [7, 11) is 1.68. The molecule has 0 saturated carbocycles. The fourth-order valence-electron chi connectivity index (χ4n) is 3.73. The van der Waals surface area contributed by atoms with Gasteiger partial charge in [-0.25, -0.2) is 0 Å². The molecule has 0 bridgehead atoms. The van der Waals surface area contributed by atoms with E-state index in [1.807, 2.05) is 17.0 Å². The van der Waals surface area contributed by atoms with Crippen LogP contribution in [0.1, 0.15) is 36.0 Å². The molecular weight excluding hydrogens is 376 g/mol. The number of methoxy groups -OCH3 is 1. The van der Waals surface area contributed by atoms with Gasteiger partial charge in [-0.05, 0) is 61.6 Å². The van der Waals surface area contributed by atoms with Gasteiger partial charge in [0.05, 0.1) is 13.7 Å². The third kappa shape index (κ3) is 6.49. The van der Waals surface area contributed by atoms with Crippen LogP contribution < -0.4 is 9.47 Å². The number of carbonyl (C=O) groups is 1. The van der Waals surface area contributed by atoms with Crippen LogP contribution in [0.5, 0.6) is 11.5 Å². The first-order chi connectivity index (χ1) is 14.5. The first-order valence-electron chi connectivity index (χ1n) is 10.9. The van der Waals surface area contributed by atoms with Gasteiger partial charge in [0.25, 0.3) is 0 Å². The molecular formula is C25H34N2O3. The molecule has 1 aliphatic rings. The number of piperazine rings is 1. The molecule has 0 N–H and O–H groups in total. The summed E-state index contributed by atoms with van der Waals surface area (Å²) >= 11 is 0. The number of carbonyl (C=O) groups excluding carboxylic acids is 1. The largest absolute Gasteiger partial charge is 0.497 e. The predicted molar refractivity (Wildman–Crippen MR) is 120 cm³/mol. The van der Waals surface area contributed by atoms with Crippen LogP contribution in [0.25, 0.3) is 0 Å². The van der Waals surface area contributed by atoms with Crippen LogP contribution in [0.3, 0.4) is 0 Å². The number of ether oxygens (including phenoxy) is 2. The highest BCUT2D eigenvalue weighted by Crippen LogP contribution is 2.19. The second kappa shape index (κ2) is 11.0. The van der Waals surface area contributed by atoms with Crippen molar-refractivity contribution in [2.24, 2.45) is 0 Å². The highest BCUT2D eigenvalue weighted by Gasteiger charge is 2.20. The summed E-state index contributed by atoms with van der Waals surface area (Å²) in [5.74, 6) is 2.11. The first kappa shape index (κ1) is 22.2. The van der Waals surface area contributed by atoms with E-state index in [0.717, 1.165) is 62.6 Å². The van der Waals surface area contributed by atoms with E-state index < -0.39 is 0 Å². The van der Waals surface area contributed by atoms with E-state index in [1.165, 1.54) is 11.1 Å². The van der Waals surface area contributed by atoms with E-state index in [1.54, 1.807) is 7.11 Å². The lowest BCUT2D eigenvalue weighted by atomic mass is 10.1. The fraction of sp³-hybridized carbons (Fsp3) is 0.480. The van der Waals surface area contributed by atoms with Crippen molar-refractivity contribution in [2.75, 3.05) is 39.9 Å². The fourth-order valence-corrected chi connectivity index (χ4v) is 3.73. The van der Waals surface area contributed by atoms with Crippen molar-refractivity contribution in [1.29, 1.82) is 0 Å². The van der Waals surface area contributed by atoms with Crippen LogP contribution in [0, 0.1) is 13.8 Å². The topological polar surface area (TPSA) is 42.0 Å². The van der Waals surface area contributed by atoms with Gasteiger partial charge in [0.15, 0.2) is 0 Å². The second-order valence-corrected chi connectivity index (χ2v) is 8.08. The zero-order valence-electron chi connectivity index (χ0n) is 18.5. The van der Waals surface area contributed by atoms with Crippen molar-refractivity contribution in [1.82, 2.24) is 9.80 Å². The summed E-state index contributed by atoms with van der Waals surface area (Å²) in [6.45, 7) is 9.19. The molecule has 1 heterocycles. The van der Waals surface area contributed by atoms with E-state index in [2.05, 4.69) is 49.1 Å². The van der Waals surface area contributed by atoms with Gasteiger partial charge in [0, 0.05) is 39.1 Å². The van der Waals surface area contributed by atoms with Crippen molar-refractivity contribution in [3.8, 4) is 11.5 Å². The van der Waals surface area contributed by atoms with Gasteiger partial charge in [0.2, 0.25) is 5.91 Å². The van der Waals surface area contributed by atoms with Crippen molar-refractivity contribution in [3.05, 3.63) is 59.2 Å². The number of unbranched alkanes of at least 4 members (excludes halogenated alkanes) is 1. The van der Waals surface area contributed by atoms with Crippen molar-refractivity contribution < 1.29 is 14.3 Å². The van der Waals surface area contributed by atoms with Gasteiger partial charge in [-0.1, -0.05) is 24.3 Å². The third-order valence-corrected chi connectivity index (χ3v) is 5.68. The molecule has 5 nitrogen and oxygen atoms in total. The molecule has 2 aromatic rings. The van der Waals surface area contributed by atoms with Gasteiger partial charge < -0.3 is 14.4 Å². The average molecular weight is 411 g/mol. The molecule has 3 rings (SSSR count). The Kier molecular flexibility index (Phi) is 8.14. The molecule has 1 saturated heterocycles.